The zero-order chi connectivity index (χ0) is 14.8. The molecule has 10 heteroatoms. The highest BCUT2D eigenvalue weighted by Gasteiger charge is 2.72. The maximum atomic E-state index is 13.1. The highest BCUT2D eigenvalue weighted by Crippen LogP contribution is 2.48. The van der Waals surface area contributed by atoms with Crippen molar-refractivity contribution in [2.75, 3.05) is 11.5 Å². The van der Waals surface area contributed by atoms with Crippen molar-refractivity contribution in [3.8, 4) is 0 Å². The highest BCUT2D eigenvalue weighted by molar-refractivity contribution is 7.91. The Morgan fingerprint density at radius 3 is 1.50 bits per heavy atom. The zero-order valence-corrected chi connectivity index (χ0v) is 10.0. The Morgan fingerprint density at radius 1 is 0.833 bits per heavy atom. The first-order chi connectivity index (χ1) is 7.77. The van der Waals surface area contributed by atoms with Gasteiger partial charge in [-0.05, 0) is 6.42 Å². The molecular formula is C8H11F7O2S. The third kappa shape index (κ3) is 3.99. The molecule has 0 radical (unpaired) electrons. The van der Waals surface area contributed by atoms with Crippen molar-refractivity contribution in [2.45, 2.75) is 37.8 Å². The number of hydrogen-bond donors (Lipinski definition) is 0. The van der Waals surface area contributed by atoms with Crippen LogP contribution in [0, 0.1) is 0 Å². The highest BCUT2D eigenvalue weighted by atomic mass is 32.2. The predicted molar refractivity (Wildman–Crippen MR) is 49.5 cm³/mol. The lowest BCUT2D eigenvalue weighted by Crippen LogP contribution is -2.54. The van der Waals surface area contributed by atoms with Crippen molar-refractivity contribution in [1.82, 2.24) is 0 Å². The first-order valence-corrected chi connectivity index (χ1v) is 6.62. The number of rotatable bonds is 5. The zero-order valence-electron chi connectivity index (χ0n) is 9.20. The summed E-state index contributed by atoms with van der Waals surface area (Å²) in [4.78, 5) is 0. The second-order valence-electron chi connectivity index (χ2n) is 3.70. The minimum atomic E-state index is -6.20. The molecule has 0 saturated heterocycles. The molecule has 0 atom stereocenters. The Balaban J connectivity index is 5.09. The standard InChI is InChI=1S/C8H11F7O2S/c1-2-4-18(16,17)5-3-6(9,7(10,11)12)8(13,14)15/h2-5H2,1H3. The molecule has 0 unspecified atom stereocenters. The summed E-state index contributed by atoms with van der Waals surface area (Å²) < 4.78 is 108. The average molecular weight is 304 g/mol. The number of alkyl halides is 7. The fourth-order valence-electron chi connectivity index (χ4n) is 1.15. The quantitative estimate of drug-likeness (QED) is 0.732. The molecule has 0 aromatic rings. The van der Waals surface area contributed by atoms with Gasteiger partial charge in [0.15, 0.2) is 0 Å². The van der Waals surface area contributed by atoms with Gasteiger partial charge < -0.3 is 0 Å². The normalized spacial score (nSPS) is 14.9. The van der Waals surface area contributed by atoms with E-state index < -0.39 is 45.8 Å². The van der Waals surface area contributed by atoms with Crippen molar-refractivity contribution in [2.24, 2.45) is 0 Å². The number of halogens is 7. The van der Waals surface area contributed by atoms with E-state index in [4.69, 9.17) is 0 Å². The maximum absolute atomic E-state index is 13.1. The summed E-state index contributed by atoms with van der Waals surface area (Å²) >= 11 is 0. The molecule has 0 aliphatic heterocycles. The van der Waals surface area contributed by atoms with Gasteiger partial charge in [-0.25, -0.2) is 12.8 Å². The number of sulfone groups is 1. The van der Waals surface area contributed by atoms with E-state index in [9.17, 15) is 39.2 Å². The minimum Gasteiger partial charge on any atom is -0.229 e. The molecular weight excluding hydrogens is 293 g/mol. The van der Waals surface area contributed by atoms with Crippen LogP contribution in [0.2, 0.25) is 0 Å². The van der Waals surface area contributed by atoms with Crippen LogP contribution < -0.4 is 0 Å². The maximum Gasteiger partial charge on any atom is 0.431 e. The molecule has 0 N–H and O–H groups in total. The Kier molecular flexibility index (Phi) is 5.06. The van der Waals surface area contributed by atoms with Gasteiger partial charge in [0, 0.05) is 12.2 Å². The lowest BCUT2D eigenvalue weighted by molar-refractivity contribution is -0.341. The molecule has 0 heterocycles. The van der Waals surface area contributed by atoms with Crippen LogP contribution in [0.25, 0.3) is 0 Å². The van der Waals surface area contributed by atoms with Crippen LogP contribution >= 0.6 is 0 Å². The van der Waals surface area contributed by atoms with Crippen molar-refractivity contribution >= 4 is 9.84 Å². The van der Waals surface area contributed by atoms with Gasteiger partial charge in [0.2, 0.25) is 0 Å². The van der Waals surface area contributed by atoms with E-state index in [0.717, 1.165) is 0 Å². The SMILES string of the molecule is CCCS(=O)(=O)CCC(F)(C(F)(F)F)C(F)(F)F. The summed E-state index contributed by atoms with van der Waals surface area (Å²) in [5, 5.41) is 0. The van der Waals surface area contributed by atoms with E-state index in [1.165, 1.54) is 6.92 Å². The van der Waals surface area contributed by atoms with Gasteiger partial charge in [0.1, 0.15) is 9.84 Å². The monoisotopic (exact) mass is 304 g/mol. The van der Waals surface area contributed by atoms with Gasteiger partial charge in [0.25, 0.3) is 5.67 Å². The van der Waals surface area contributed by atoms with E-state index in [2.05, 4.69) is 0 Å². The van der Waals surface area contributed by atoms with Crippen LogP contribution in [0.1, 0.15) is 19.8 Å². The first kappa shape index (κ1) is 17.5. The lowest BCUT2D eigenvalue weighted by atomic mass is 10.0. The largest absolute Gasteiger partial charge is 0.431 e. The van der Waals surface area contributed by atoms with Crippen LogP contribution in [0.15, 0.2) is 0 Å². The van der Waals surface area contributed by atoms with Gasteiger partial charge in [-0.1, -0.05) is 6.92 Å². The molecule has 0 aromatic carbocycles. The van der Waals surface area contributed by atoms with Crippen molar-refractivity contribution in [3.63, 3.8) is 0 Å². The summed E-state index contributed by atoms with van der Waals surface area (Å²) in [5.41, 5.74) is -5.50. The van der Waals surface area contributed by atoms with Crippen LogP contribution in [0.5, 0.6) is 0 Å². The van der Waals surface area contributed by atoms with E-state index in [0.29, 0.717) is 0 Å². The number of hydrogen-bond acceptors (Lipinski definition) is 2. The molecule has 0 spiro atoms. The minimum absolute atomic E-state index is 0.0274. The van der Waals surface area contributed by atoms with Crippen molar-refractivity contribution in [1.29, 1.82) is 0 Å². The van der Waals surface area contributed by atoms with Gasteiger partial charge in [-0.2, -0.15) is 26.3 Å². The summed E-state index contributed by atoms with van der Waals surface area (Å²) in [6.07, 6.45) is -14.6. The Morgan fingerprint density at radius 2 is 1.22 bits per heavy atom. The summed E-state index contributed by atoms with van der Waals surface area (Å²) in [6, 6.07) is 0. The smallest absolute Gasteiger partial charge is 0.229 e. The molecule has 0 aliphatic carbocycles. The van der Waals surface area contributed by atoms with Crippen LogP contribution in [0.4, 0.5) is 30.7 Å². The van der Waals surface area contributed by atoms with Crippen LogP contribution in [-0.2, 0) is 9.84 Å². The average Bonchev–Trinajstić information content (AvgIpc) is 2.10. The van der Waals surface area contributed by atoms with Gasteiger partial charge >= 0.3 is 12.4 Å². The molecule has 0 rings (SSSR count). The van der Waals surface area contributed by atoms with E-state index in [-0.39, 0.29) is 6.42 Å². The fourth-order valence-corrected chi connectivity index (χ4v) is 2.57. The molecule has 110 valence electrons. The first-order valence-electron chi connectivity index (χ1n) is 4.79. The fraction of sp³-hybridized carbons (Fsp3) is 1.00. The van der Waals surface area contributed by atoms with E-state index in [1.807, 2.05) is 0 Å². The second-order valence-corrected chi connectivity index (χ2v) is 6.00. The molecule has 0 aliphatic rings. The van der Waals surface area contributed by atoms with Crippen LogP contribution in [-0.4, -0.2) is 37.9 Å². The van der Waals surface area contributed by atoms with Crippen molar-refractivity contribution in [3.05, 3.63) is 0 Å². The third-order valence-corrected chi connectivity index (χ3v) is 4.03. The Bertz CT molecular complexity index is 354. The van der Waals surface area contributed by atoms with Crippen molar-refractivity contribution < 1.29 is 39.2 Å². The van der Waals surface area contributed by atoms with Crippen LogP contribution in [0.3, 0.4) is 0 Å². The molecule has 0 amide bonds. The van der Waals surface area contributed by atoms with E-state index in [1.54, 1.807) is 0 Å². The van der Waals surface area contributed by atoms with E-state index >= 15 is 0 Å². The summed E-state index contributed by atoms with van der Waals surface area (Å²) in [5.74, 6) is -2.09. The topological polar surface area (TPSA) is 34.1 Å². The molecule has 0 aromatic heterocycles. The Labute approximate surface area is 99.1 Å². The predicted octanol–water partition coefficient (Wildman–Crippen LogP) is 3.03. The molecule has 18 heavy (non-hydrogen) atoms. The van der Waals surface area contributed by atoms with Gasteiger partial charge in [-0.15, -0.1) is 0 Å². The summed E-state index contributed by atoms with van der Waals surface area (Å²) in [6.45, 7) is 1.38. The lowest BCUT2D eigenvalue weighted by Gasteiger charge is -2.29. The molecule has 2 nitrogen and oxygen atoms in total. The Hall–Kier alpha value is -0.540. The summed E-state index contributed by atoms with van der Waals surface area (Å²) in [7, 11) is -4.13. The van der Waals surface area contributed by atoms with Gasteiger partial charge in [0.05, 0.1) is 5.75 Å². The third-order valence-electron chi connectivity index (χ3n) is 2.17. The second kappa shape index (κ2) is 5.22. The molecule has 0 bridgehead atoms. The molecule has 0 saturated carbocycles. The van der Waals surface area contributed by atoms with Gasteiger partial charge in [-0.3, -0.25) is 0 Å². The molecule has 0 fully saturated rings.